The molecule has 0 N–H and O–H groups in total. The van der Waals surface area contributed by atoms with E-state index in [0.717, 1.165) is 24.0 Å². The summed E-state index contributed by atoms with van der Waals surface area (Å²) < 4.78 is 42.5. The topological polar surface area (TPSA) is 56.5 Å². The number of carbonyl (C=O) groups excluding carboxylic acids is 1. The van der Waals surface area contributed by atoms with Gasteiger partial charge >= 0.3 is 12.1 Å². The van der Waals surface area contributed by atoms with Crippen molar-refractivity contribution in [2.75, 3.05) is 7.11 Å². The van der Waals surface area contributed by atoms with E-state index in [-0.39, 0.29) is 11.2 Å². The molecule has 90 valence electrons. The summed E-state index contributed by atoms with van der Waals surface area (Å²) in [4.78, 5) is 14.8. The molecule has 0 unspecified atom stereocenters. The van der Waals surface area contributed by atoms with Crippen LogP contribution in [0, 0.1) is 0 Å². The van der Waals surface area contributed by atoms with Gasteiger partial charge in [-0.25, -0.2) is 14.3 Å². The average Bonchev–Trinajstić information content (AvgIpc) is 2.69. The van der Waals surface area contributed by atoms with Crippen molar-refractivity contribution in [1.82, 2.24) is 14.6 Å². The highest BCUT2D eigenvalue weighted by Gasteiger charge is 2.32. The van der Waals surface area contributed by atoms with Gasteiger partial charge in [0.25, 0.3) is 0 Å². The first-order valence-corrected chi connectivity index (χ1v) is 4.42. The first kappa shape index (κ1) is 11.4. The standard InChI is InChI=1S/C9H6F3N3O2/c1-17-8(16)6-3-14-15-4-5(9(10,11)12)2-13-7(6)15/h2-4H,1H3. The third-order valence-electron chi connectivity index (χ3n) is 2.09. The molecule has 17 heavy (non-hydrogen) atoms. The van der Waals surface area contributed by atoms with Crippen molar-refractivity contribution in [3.63, 3.8) is 0 Å². The molecule has 0 saturated heterocycles. The molecule has 0 amide bonds. The van der Waals surface area contributed by atoms with Gasteiger partial charge in [-0.3, -0.25) is 0 Å². The van der Waals surface area contributed by atoms with Crippen LogP contribution in [0.3, 0.4) is 0 Å². The number of hydrogen-bond acceptors (Lipinski definition) is 4. The largest absolute Gasteiger partial charge is 0.465 e. The third kappa shape index (κ3) is 1.93. The SMILES string of the molecule is COC(=O)c1cnn2cc(C(F)(F)F)cnc12. The number of carbonyl (C=O) groups is 1. The highest BCUT2D eigenvalue weighted by molar-refractivity contribution is 5.95. The zero-order valence-electron chi connectivity index (χ0n) is 8.52. The summed E-state index contributed by atoms with van der Waals surface area (Å²) >= 11 is 0. The van der Waals surface area contributed by atoms with Gasteiger partial charge in [-0.1, -0.05) is 0 Å². The maximum Gasteiger partial charge on any atom is 0.419 e. The quantitative estimate of drug-likeness (QED) is 0.715. The second-order valence-corrected chi connectivity index (χ2v) is 3.16. The predicted octanol–water partition coefficient (Wildman–Crippen LogP) is 1.53. The van der Waals surface area contributed by atoms with Gasteiger partial charge in [-0.2, -0.15) is 18.3 Å². The lowest BCUT2D eigenvalue weighted by Gasteiger charge is -2.05. The van der Waals surface area contributed by atoms with Gasteiger partial charge in [-0.15, -0.1) is 0 Å². The van der Waals surface area contributed by atoms with E-state index in [1.54, 1.807) is 0 Å². The minimum Gasteiger partial charge on any atom is -0.465 e. The molecule has 8 heteroatoms. The van der Waals surface area contributed by atoms with E-state index in [9.17, 15) is 18.0 Å². The number of alkyl halides is 3. The van der Waals surface area contributed by atoms with Crippen LogP contribution in [0.2, 0.25) is 0 Å². The number of aromatic nitrogens is 3. The monoisotopic (exact) mass is 245 g/mol. The fourth-order valence-electron chi connectivity index (χ4n) is 1.28. The van der Waals surface area contributed by atoms with Crippen LogP contribution in [0.15, 0.2) is 18.6 Å². The Balaban J connectivity index is 2.56. The lowest BCUT2D eigenvalue weighted by atomic mass is 10.3. The minimum atomic E-state index is -4.50. The molecule has 0 atom stereocenters. The zero-order chi connectivity index (χ0) is 12.6. The third-order valence-corrected chi connectivity index (χ3v) is 2.09. The summed E-state index contributed by atoms with van der Waals surface area (Å²) in [6.45, 7) is 0. The molecule has 0 saturated carbocycles. The highest BCUT2D eigenvalue weighted by Crippen LogP contribution is 2.28. The fourth-order valence-corrected chi connectivity index (χ4v) is 1.28. The number of methoxy groups -OCH3 is 1. The van der Waals surface area contributed by atoms with Crippen molar-refractivity contribution in [3.05, 3.63) is 29.7 Å². The fraction of sp³-hybridized carbons (Fsp3) is 0.222. The number of rotatable bonds is 1. The molecule has 2 rings (SSSR count). The van der Waals surface area contributed by atoms with Gasteiger partial charge in [0.2, 0.25) is 0 Å². The highest BCUT2D eigenvalue weighted by atomic mass is 19.4. The summed E-state index contributed by atoms with van der Waals surface area (Å²) in [6.07, 6.45) is -1.99. The lowest BCUT2D eigenvalue weighted by Crippen LogP contribution is -2.08. The normalized spacial score (nSPS) is 11.8. The Hall–Kier alpha value is -2.12. The molecule has 0 aliphatic carbocycles. The van der Waals surface area contributed by atoms with Crippen LogP contribution in [0.25, 0.3) is 5.65 Å². The van der Waals surface area contributed by atoms with Crippen molar-refractivity contribution in [3.8, 4) is 0 Å². The minimum absolute atomic E-state index is 0.0150. The Morgan fingerprint density at radius 2 is 2.12 bits per heavy atom. The number of halogens is 3. The molecule has 0 spiro atoms. The van der Waals surface area contributed by atoms with Gasteiger partial charge in [0.15, 0.2) is 5.65 Å². The Kier molecular flexibility index (Phi) is 2.49. The summed E-state index contributed by atoms with van der Waals surface area (Å²) in [5, 5.41) is 3.62. The molecule has 5 nitrogen and oxygen atoms in total. The van der Waals surface area contributed by atoms with Crippen LogP contribution in [0.4, 0.5) is 13.2 Å². The predicted molar refractivity (Wildman–Crippen MR) is 49.3 cm³/mol. The van der Waals surface area contributed by atoms with E-state index in [1.807, 2.05) is 0 Å². The van der Waals surface area contributed by atoms with Crippen molar-refractivity contribution in [2.24, 2.45) is 0 Å². The van der Waals surface area contributed by atoms with E-state index >= 15 is 0 Å². The second kappa shape index (κ2) is 3.72. The number of esters is 1. The Labute approximate surface area is 92.8 Å². The van der Waals surface area contributed by atoms with Crippen LogP contribution >= 0.6 is 0 Å². The van der Waals surface area contributed by atoms with Crippen molar-refractivity contribution < 1.29 is 22.7 Å². The first-order valence-electron chi connectivity index (χ1n) is 4.42. The maximum atomic E-state index is 12.4. The summed E-state index contributed by atoms with van der Waals surface area (Å²) in [5.74, 6) is -0.702. The number of fused-ring (bicyclic) bond motifs is 1. The molecule has 0 fully saturated rings. The molecule has 0 radical (unpaired) electrons. The molecule has 0 aliphatic rings. The van der Waals surface area contributed by atoms with E-state index in [2.05, 4.69) is 14.8 Å². The van der Waals surface area contributed by atoms with Crippen LogP contribution in [0.1, 0.15) is 15.9 Å². The average molecular weight is 245 g/mol. The van der Waals surface area contributed by atoms with Crippen molar-refractivity contribution in [1.29, 1.82) is 0 Å². The molecular weight excluding hydrogens is 239 g/mol. The number of ether oxygens (including phenoxy) is 1. The van der Waals surface area contributed by atoms with Crippen LogP contribution < -0.4 is 0 Å². The zero-order valence-corrected chi connectivity index (χ0v) is 8.52. The van der Waals surface area contributed by atoms with Crippen molar-refractivity contribution in [2.45, 2.75) is 6.18 Å². The molecule has 0 aliphatic heterocycles. The molecule has 0 bridgehead atoms. The van der Waals surface area contributed by atoms with E-state index in [4.69, 9.17) is 0 Å². The van der Waals surface area contributed by atoms with Crippen LogP contribution in [-0.4, -0.2) is 27.7 Å². The number of hydrogen-bond donors (Lipinski definition) is 0. The number of nitrogens with zero attached hydrogens (tertiary/aromatic N) is 3. The maximum absolute atomic E-state index is 12.4. The van der Waals surface area contributed by atoms with E-state index < -0.39 is 17.7 Å². The summed E-state index contributed by atoms with van der Waals surface area (Å²) in [6, 6.07) is 0. The molecular formula is C9H6F3N3O2. The van der Waals surface area contributed by atoms with Crippen LogP contribution in [-0.2, 0) is 10.9 Å². The summed E-state index contributed by atoms with van der Waals surface area (Å²) in [5.41, 5.74) is -0.907. The Bertz CT molecular complexity index is 576. The van der Waals surface area contributed by atoms with E-state index in [0.29, 0.717) is 6.20 Å². The molecule has 0 aromatic carbocycles. The lowest BCUT2D eigenvalue weighted by molar-refractivity contribution is -0.138. The smallest absolute Gasteiger partial charge is 0.419 e. The van der Waals surface area contributed by atoms with Crippen LogP contribution in [0.5, 0.6) is 0 Å². The van der Waals surface area contributed by atoms with E-state index in [1.165, 1.54) is 0 Å². The summed E-state index contributed by atoms with van der Waals surface area (Å²) in [7, 11) is 1.16. The van der Waals surface area contributed by atoms with Gasteiger partial charge < -0.3 is 4.74 Å². The van der Waals surface area contributed by atoms with Gasteiger partial charge in [0.1, 0.15) is 5.56 Å². The Morgan fingerprint density at radius 3 is 2.71 bits per heavy atom. The van der Waals surface area contributed by atoms with Gasteiger partial charge in [-0.05, 0) is 0 Å². The Morgan fingerprint density at radius 1 is 1.41 bits per heavy atom. The second-order valence-electron chi connectivity index (χ2n) is 3.16. The molecule has 2 aromatic heterocycles. The van der Waals surface area contributed by atoms with Gasteiger partial charge in [0, 0.05) is 12.4 Å². The first-order chi connectivity index (χ1) is 7.93. The van der Waals surface area contributed by atoms with Crippen molar-refractivity contribution >= 4 is 11.6 Å². The van der Waals surface area contributed by atoms with Gasteiger partial charge in [0.05, 0.1) is 18.9 Å². The molecule has 2 heterocycles. The molecule has 2 aromatic rings.